The fourth-order valence-corrected chi connectivity index (χ4v) is 11.1. The Morgan fingerprint density at radius 2 is 1.44 bits per heavy atom. The molecule has 3 aromatic carbocycles. The molecule has 3 aromatic rings. The number of rotatable bonds is 1. The van der Waals surface area contributed by atoms with Crippen LogP contribution in [0, 0.1) is 53.3 Å². The molecule has 2 fully saturated rings. The monoisotopic (exact) mass is 782 g/mol. The summed E-state index contributed by atoms with van der Waals surface area (Å²) in [6.07, 6.45) is 13.4. The van der Waals surface area contributed by atoms with Crippen molar-refractivity contribution in [3.05, 3.63) is 124 Å². The Morgan fingerprint density at radius 1 is 0.800 bits per heavy atom. The quantitative estimate of drug-likeness (QED) is 0.240. The Labute approximate surface area is 332 Å². The van der Waals surface area contributed by atoms with Crippen molar-refractivity contribution in [3.63, 3.8) is 0 Å². The van der Waals surface area contributed by atoms with E-state index in [1.165, 1.54) is 59.9 Å². The first-order valence-corrected chi connectivity index (χ1v) is 20.1. The van der Waals surface area contributed by atoms with Crippen molar-refractivity contribution in [3.8, 4) is 11.1 Å². The van der Waals surface area contributed by atoms with E-state index in [4.69, 9.17) is 0 Å². The third kappa shape index (κ3) is 6.99. The summed E-state index contributed by atoms with van der Waals surface area (Å²) in [6.45, 7) is 22.3. The second-order valence-corrected chi connectivity index (χ2v) is 18.0. The van der Waals surface area contributed by atoms with Gasteiger partial charge in [-0.05, 0) is 34.7 Å². The molecule has 0 nitrogen and oxygen atoms in total. The first-order chi connectivity index (χ1) is 22.9. The molecule has 7 unspecified atom stereocenters. The van der Waals surface area contributed by atoms with E-state index in [0.717, 1.165) is 6.42 Å². The van der Waals surface area contributed by atoms with Crippen LogP contribution in [0.1, 0.15) is 104 Å². The molecule has 266 valence electrons. The molecule has 0 bridgehead atoms. The molecule has 7 atom stereocenters. The molecular formula is C47H58Cl2Zr-2. The fraction of sp³-hybridized carbons (Fsp3) is 0.468. The summed E-state index contributed by atoms with van der Waals surface area (Å²) in [5, 5.41) is 0. The first-order valence-electron chi connectivity index (χ1n) is 18.8. The Balaban J connectivity index is 0.000000220. The van der Waals surface area contributed by atoms with Gasteiger partial charge in [-0.2, -0.15) is 34.4 Å². The molecule has 0 spiro atoms. The summed E-state index contributed by atoms with van der Waals surface area (Å²) in [5.41, 5.74) is 13.9. The number of hydrogen-bond donors (Lipinski definition) is 0. The van der Waals surface area contributed by atoms with Gasteiger partial charge in [-0.1, -0.05) is 157 Å². The van der Waals surface area contributed by atoms with E-state index in [0.29, 0.717) is 29.6 Å². The van der Waals surface area contributed by atoms with Crippen LogP contribution in [0.4, 0.5) is 0 Å². The van der Waals surface area contributed by atoms with Gasteiger partial charge in [-0.3, -0.25) is 0 Å². The van der Waals surface area contributed by atoms with E-state index in [1.54, 1.807) is 55.7 Å². The first kappa shape index (κ1) is 41.0. The van der Waals surface area contributed by atoms with Crippen molar-refractivity contribution in [2.24, 2.45) is 40.4 Å². The second-order valence-electron chi connectivity index (χ2n) is 16.2. The van der Waals surface area contributed by atoms with E-state index in [-0.39, 0.29) is 35.6 Å². The molecule has 0 heterocycles. The Hall–Kier alpha value is -1.79. The van der Waals surface area contributed by atoms with E-state index in [1.807, 2.05) is 6.07 Å². The number of fused-ring (bicyclic) bond motifs is 6. The molecule has 0 radical (unpaired) electrons. The van der Waals surface area contributed by atoms with Crippen molar-refractivity contribution in [2.75, 3.05) is 0 Å². The maximum absolute atomic E-state index is 2.63. The summed E-state index contributed by atoms with van der Waals surface area (Å²) < 4.78 is 1.80. The van der Waals surface area contributed by atoms with Gasteiger partial charge in [0.1, 0.15) is 0 Å². The zero-order chi connectivity index (χ0) is 34.4. The van der Waals surface area contributed by atoms with E-state index in [9.17, 15) is 0 Å². The Kier molecular flexibility index (Phi) is 13.5. The van der Waals surface area contributed by atoms with Crippen LogP contribution in [0.3, 0.4) is 0 Å². The SMILES string of the molecule is C[C-]1C2=C3Cc4ccccc4C3=C3C=CC(C)C(C)C3(C)C2(C)C(C)C(C)C1C.Cc1cc(-c2ccccc2)c[cH-]1.[Cl-].[Cl-].[Zr+2]=[C]1CCCCC1. The van der Waals surface area contributed by atoms with Gasteiger partial charge in [0.15, 0.2) is 0 Å². The second kappa shape index (κ2) is 16.5. The molecule has 2 saturated carbocycles. The van der Waals surface area contributed by atoms with Gasteiger partial charge in [0.2, 0.25) is 0 Å². The standard InChI is InChI=1S/C29H37.C12H11.C6H10.2ClH.Zr/c1-16-13-14-25-26-23-12-10-9-11-22(23)15-24(26)27-19(4)17(2)18(3)21(6)29(27,8)28(25,7)20(16)5;1-10-7-8-12(9-10)11-5-3-2-4-6-11;1-2-4-6-5-3-1;;;/h9-14,16-18,20-21H,15H2,1-8H3;2-9H,1H3;1-5H2;2*1H;/q2*-1;;;;+2/p-2. The van der Waals surface area contributed by atoms with E-state index >= 15 is 0 Å². The maximum atomic E-state index is 2.63. The summed E-state index contributed by atoms with van der Waals surface area (Å²) in [5.74, 6) is 4.93. The fourth-order valence-electron chi connectivity index (χ4n) is 10.2. The van der Waals surface area contributed by atoms with Crippen LogP contribution in [-0.2, 0) is 30.7 Å². The molecule has 0 aromatic heterocycles. The number of halogens is 2. The van der Waals surface area contributed by atoms with Gasteiger partial charge in [-0.15, -0.1) is 6.92 Å². The zero-order valence-corrected chi connectivity index (χ0v) is 35.9. The molecule has 3 heteroatoms. The zero-order valence-electron chi connectivity index (χ0n) is 32.0. The average Bonchev–Trinajstić information content (AvgIpc) is 3.70. The summed E-state index contributed by atoms with van der Waals surface area (Å²) in [4.78, 5) is 0. The molecule has 0 N–H and O–H groups in total. The molecule has 8 rings (SSSR count). The van der Waals surface area contributed by atoms with Gasteiger partial charge in [0.05, 0.1) is 0 Å². The van der Waals surface area contributed by atoms with Gasteiger partial charge in [-0.25, -0.2) is 12.0 Å². The summed E-state index contributed by atoms with van der Waals surface area (Å²) in [6, 6.07) is 26.1. The van der Waals surface area contributed by atoms with Crippen LogP contribution in [0.15, 0.2) is 102 Å². The molecule has 50 heavy (non-hydrogen) atoms. The average molecular weight is 785 g/mol. The third-order valence-electron chi connectivity index (χ3n) is 14.0. The van der Waals surface area contributed by atoms with E-state index in [2.05, 4.69) is 141 Å². The summed E-state index contributed by atoms with van der Waals surface area (Å²) in [7, 11) is 0. The van der Waals surface area contributed by atoms with Crippen molar-refractivity contribution in [2.45, 2.75) is 101 Å². The van der Waals surface area contributed by atoms with Crippen LogP contribution >= 0.6 is 0 Å². The van der Waals surface area contributed by atoms with Crippen LogP contribution in [0.2, 0.25) is 0 Å². The number of aryl methyl sites for hydroxylation is 1. The predicted molar refractivity (Wildman–Crippen MR) is 204 cm³/mol. The van der Waals surface area contributed by atoms with Gasteiger partial charge in [0.25, 0.3) is 0 Å². The van der Waals surface area contributed by atoms with Crippen molar-refractivity contribution in [1.82, 2.24) is 0 Å². The minimum atomic E-state index is 0. The van der Waals surface area contributed by atoms with Crippen LogP contribution in [-0.4, -0.2) is 3.21 Å². The van der Waals surface area contributed by atoms with Gasteiger partial charge >= 0.3 is 59.5 Å². The Morgan fingerprint density at radius 3 is 2.04 bits per heavy atom. The minimum absolute atomic E-state index is 0. The number of benzene rings is 2. The molecule has 5 aliphatic rings. The summed E-state index contributed by atoms with van der Waals surface area (Å²) >= 11 is 1.69. The molecular weight excluding hydrogens is 727 g/mol. The van der Waals surface area contributed by atoms with Crippen LogP contribution in [0.25, 0.3) is 16.7 Å². The van der Waals surface area contributed by atoms with Gasteiger partial charge in [0, 0.05) is 5.41 Å². The van der Waals surface area contributed by atoms with Crippen molar-refractivity contribution in [1.29, 1.82) is 0 Å². The van der Waals surface area contributed by atoms with Crippen molar-refractivity contribution >= 4 is 8.78 Å². The normalized spacial score (nSPS) is 30.7. The van der Waals surface area contributed by atoms with Crippen LogP contribution in [0.5, 0.6) is 0 Å². The molecule has 0 aliphatic heterocycles. The topological polar surface area (TPSA) is 0 Å². The molecule has 0 amide bonds. The molecule has 5 aliphatic carbocycles. The van der Waals surface area contributed by atoms with E-state index < -0.39 is 0 Å². The predicted octanol–water partition coefficient (Wildman–Crippen LogP) is 6.74. The van der Waals surface area contributed by atoms with Gasteiger partial charge < -0.3 is 24.8 Å². The van der Waals surface area contributed by atoms with Crippen LogP contribution < -0.4 is 24.8 Å². The Bertz CT molecular complexity index is 1730. The number of allylic oxidation sites excluding steroid dienone is 6. The third-order valence-corrected chi connectivity index (χ3v) is 15.2. The van der Waals surface area contributed by atoms with Crippen molar-refractivity contribution < 1.29 is 49.0 Å². The number of hydrogen-bond acceptors (Lipinski definition) is 0. The molecule has 0 saturated heterocycles.